The second-order valence-electron chi connectivity index (χ2n) is 6.43. The Bertz CT molecular complexity index is 917. The third-order valence-corrected chi connectivity index (χ3v) is 4.49. The summed E-state index contributed by atoms with van der Waals surface area (Å²) in [7, 11) is 1.39. The van der Waals surface area contributed by atoms with Gasteiger partial charge in [0.05, 0.1) is 37.2 Å². The average Bonchev–Trinajstić information content (AvgIpc) is 3.09. The first-order chi connectivity index (χ1) is 13.2. The molecule has 140 valence electrons. The van der Waals surface area contributed by atoms with Crippen LogP contribution in [0.1, 0.15) is 40.7 Å². The summed E-state index contributed by atoms with van der Waals surface area (Å²) in [6.45, 7) is 2.52. The third kappa shape index (κ3) is 4.26. The lowest BCUT2D eigenvalue weighted by Crippen LogP contribution is -2.09. The Balaban J connectivity index is 1.97. The molecule has 3 rings (SSSR count). The maximum atomic E-state index is 12.3. The van der Waals surface area contributed by atoms with Crippen LogP contribution in [0.25, 0.3) is 11.1 Å². The number of aliphatic hydroxyl groups excluding tert-OH is 1. The van der Waals surface area contributed by atoms with Crippen LogP contribution < -0.4 is 0 Å². The maximum absolute atomic E-state index is 12.3. The van der Waals surface area contributed by atoms with Gasteiger partial charge >= 0.3 is 5.97 Å². The van der Waals surface area contributed by atoms with E-state index in [-0.39, 0.29) is 12.6 Å². The van der Waals surface area contributed by atoms with Crippen molar-refractivity contribution in [2.75, 3.05) is 7.11 Å². The summed E-state index contributed by atoms with van der Waals surface area (Å²) in [6.07, 6.45) is 1.88. The minimum Gasteiger partial charge on any atom is -0.465 e. The number of hydrogen-bond acceptors (Lipinski definition) is 4. The van der Waals surface area contributed by atoms with E-state index in [1.165, 1.54) is 7.11 Å². The molecule has 0 fully saturated rings. The molecule has 0 unspecified atom stereocenters. The van der Waals surface area contributed by atoms with Crippen molar-refractivity contribution in [3.8, 4) is 11.1 Å². The predicted molar refractivity (Wildman–Crippen MR) is 104 cm³/mol. The topological polar surface area (TPSA) is 64.4 Å². The molecular formula is C22H24N2O3. The van der Waals surface area contributed by atoms with E-state index in [0.29, 0.717) is 12.1 Å². The molecule has 0 atom stereocenters. The van der Waals surface area contributed by atoms with Gasteiger partial charge in [0.1, 0.15) is 0 Å². The van der Waals surface area contributed by atoms with E-state index in [4.69, 9.17) is 4.74 Å². The van der Waals surface area contributed by atoms with Crippen LogP contribution in [0.5, 0.6) is 0 Å². The summed E-state index contributed by atoms with van der Waals surface area (Å²) >= 11 is 0. The highest BCUT2D eigenvalue weighted by atomic mass is 16.5. The van der Waals surface area contributed by atoms with Gasteiger partial charge in [0, 0.05) is 0 Å². The van der Waals surface area contributed by atoms with Crippen LogP contribution in [0, 0.1) is 0 Å². The Morgan fingerprint density at radius 2 is 1.93 bits per heavy atom. The fourth-order valence-electron chi connectivity index (χ4n) is 3.17. The highest BCUT2D eigenvalue weighted by Crippen LogP contribution is 2.26. The largest absolute Gasteiger partial charge is 0.465 e. The molecule has 0 radical (unpaired) electrons. The van der Waals surface area contributed by atoms with Gasteiger partial charge in [-0.15, -0.1) is 0 Å². The van der Waals surface area contributed by atoms with Crippen LogP contribution >= 0.6 is 0 Å². The van der Waals surface area contributed by atoms with Crippen LogP contribution in [0.2, 0.25) is 0 Å². The van der Waals surface area contributed by atoms with Crippen molar-refractivity contribution in [2.24, 2.45) is 0 Å². The van der Waals surface area contributed by atoms with E-state index in [2.05, 4.69) is 12.0 Å². The van der Waals surface area contributed by atoms with Gasteiger partial charge < -0.3 is 9.84 Å². The molecule has 0 bridgehead atoms. The van der Waals surface area contributed by atoms with Gasteiger partial charge in [0.25, 0.3) is 0 Å². The molecule has 1 aromatic heterocycles. The maximum Gasteiger partial charge on any atom is 0.338 e. The minimum atomic E-state index is -0.370. The first kappa shape index (κ1) is 18.9. The molecule has 27 heavy (non-hydrogen) atoms. The van der Waals surface area contributed by atoms with Crippen molar-refractivity contribution in [1.82, 2.24) is 9.78 Å². The highest BCUT2D eigenvalue weighted by molar-refractivity contribution is 5.97. The normalized spacial score (nSPS) is 10.8. The molecule has 0 spiro atoms. The smallest absolute Gasteiger partial charge is 0.338 e. The zero-order valence-electron chi connectivity index (χ0n) is 15.7. The van der Waals surface area contributed by atoms with E-state index in [0.717, 1.165) is 40.9 Å². The van der Waals surface area contributed by atoms with Gasteiger partial charge in [0.15, 0.2) is 0 Å². The molecule has 0 aliphatic heterocycles. The van der Waals surface area contributed by atoms with Gasteiger partial charge in [-0.25, -0.2) is 4.79 Å². The van der Waals surface area contributed by atoms with Crippen LogP contribution in [-0.4, -0.2) is 28.0 Å². The van der Waals surface area contributed by atoms with E-state index in [1.807, 2.05) is 54.6 Å². The zero-order chi connectivity index (χ0) is 19.2. The molecule has 5 nitrogen and oxygen atoms in total. The van der Waals surface area contributed by atoms with Crippen LogP contribution in [0.15, 0.2) is 54.6 Å². The molecular weight excluding hydrogens is 340 g/mol. The van der Waals surface area contributed by atoms with Gasteiger partial charge in [-0.1, -0.05) is 55.8 Å². The third-order valence-electron chi connectivity index (χ3n) is 4.49. The van der Waals surface area contributed by atoms with E-state index < -0.39 is 0 Å². The fourth-order valence-corrected chi connectivity index (χ4v) is 3.17. The Morgan fingerprint density at radius 3 is 2.59 bits per heavy atom. The van der Waals surface area contributed by atoms with E-state index >= 15 is 0 Å². The fraction of sp³-hybridized carbons (Fsp3) is 0.273. The monoisotopic (exact) mass is 364 g/mol. The van der Waals surface area contributed by atoms with Crippen molar-refractivity contribution in [3.63, 3.8) is 0 Å². The lowest BCUT2D eigenvalue weighted by molar-refractivity contribution is 0.0601. The molecule has 0 amide bonds. The number of rotatable bonds is 7. The van der Waals surface area contributed by atoms with Gasteiger partial charge in [0.2, 0.25) is 0 Å². The average molecular weight is 364 g/mol. The first-order valence-electron chi connectivity index (χ1n) is 9.09. The van der Waals surface area contributed by atoms with Crippen molar-refractivity contribution in [3.05, 3.63) is 77.1 Å². The highest BCUT2D eigenvalue weighted by Gasteiger charge is 2.15. The minimum absolute atomic E-state index is 0.0668. The number of carbonyl (C=O) groups excluding carboxylic acids is 1. The molecule has 0 aliphatic rings. The quantitative estimate of drug-likeness (QED) is 0.647. The molecule has 0 saturated carbocycles. The molecule has 0 aliphatic carbocycles. The van der Waals surface area contributed by atoms with Crippen molar-refractivity contribution < 1.29 is 14.6 Å². The lowest BCUT2D eigenvalue weighted by atomic mass is 9.97. The Morgan fingerprint density at radius 1 is 1.15 bits per heavy atom. The zero-order valence-corrected chi connectivity index (χ0v) is 15.7. The summed E-state index contributed by atoms with van der Waals surface area (Å²) in [5.41, 5.74) is 4.98. The number of carbonyl (C=O) groups is 1. The number of benzene rings is 2. The number of aliphatic hydroxyl groups is 1. The number of aromatic nitrogens is 2. The number of ether oxygens (including phenoxy) is 1. The molecule has 3 aromatic rings. The van der Waals surface area contributed by atoms with Crippen LogP contribution in [0.4, 0.5) is 0 Å². The standard InChI is InChI=1S/C22H24N2O3/c1-3-7-18-13-19(15-25)24(23-18)14-16-10-11-20(17-8-5-4-6-9-17)21(12-16)22(26)27-2/h4-6,8-13,25H,3,7,14-15H2,1-2H3. The molecule has 1 N–H and O–H groups in total. The van der Waals surface area contributed by atoms with E-state index in [1.54, 1.807) is 4.68 Å². The predicted octanol–water partition coefficient (Wildman–Crippen LogP) is 3.83. The summed E-state index contributed by atoms with van der Waals surface area (Å²) in [5.74, 6) is -0.370. The number of esters is 1. The van der Waals surface area contributed by atoms with Crippen LogP contribution in [-0.2, 0) is 24.3 Å². The summed E-state index contributed by atoms with van der Waals surface area (Å²) in [4.78, 5) is 12.3. The SMILES string of the molecule is CCCc1cc(CO)n(Cc2ccc(-c3ccccc3)c(C(=O)OC)c2)n1. The number of nitrogens with zero attached hydrogens (tertiary/aromatic N) is 2. The Kier molecular flexibility index (Phi) is 6.04. The van der Waals surface area contributed by atoms with Gasteiger partial charge in [-0.2, -0.15) is 5.10 Å². The van der Waals surface area contributed by atoms with Gasteiger partial charge in [-0.3, -0.25) is 4.68 Å². The number of aryl methyl sites for hydroxylation is 1. The van der Waals surface area contributed by atoms with Crippen molar-refractivity contribution in [1.29, 1.82) is 0 Å². The van der Waals surface area contributed by atoms with Crippen molar-refractivity contribution >= 4 is 5.97 Å². The Hall–Kier alpha value is -2.92. The summed E-state index contributed by atoms with van der Waals surface area (Å²) in [5, 5.41) is 14.2. The number of hydrogen-bond donors (Lipinski definition) is 1. The summed E-state index contributed by atoms with van der Waals surface area (Å²) < 4.78 is 6.78. The second-order valence-corrected chi connectivity index (χ2v) is 6.43. The second kappa shape index (κ2) is 8.64. The molecule has 0 saturated heterocycles. The molecule has 5 heteroatoms. The molecule has 2 aromatic carbocycles. The van der Waals surface area contributed by atoms with Crippen molar-refractivity contribution in [2.45, 2.75) is 32.9 Å². The van der Waals surface area contributed by atoms with Crippen LogP contribution in [0.3, 0.4) is 0 Å². The first-order valence-corrected chi connectivity index (χ1v) is 9.09. The molecule has 1 heterocycles. The van der Waals surface area contributed by atoms with E-state index in [9.17, 15) is 9.90 Å². The summed E-state index contributed by atoms with van der Waals surface area (Å²) in [6, 6.07) is 17.5. The van der Waals surface area contributed by atoms with Gasteiger partial charge in [-0.05, 0) is 35.2 Å². The Labute approximate surface area is 159 Å². The lowest BCUT2D eigenvalue weighted by Gasteiger charge is -2.12. The number of methoxy groups -OCH3 is 1.